The summed E-state index contributed by atoms with van der Waals surface area (Å²) in [5.74, 6) is -0.211. The molecule has 44 valence electrons. The summed E-state index contributed by atoms with van der Waals surface area (Å²) in [5, 5.41) is 0. The van der Waals surface area contributed by atoms with Crippen molar-refractivity contribution in [2.24, 2.45) is 5.73 Å². The summed E-state index contributed by atoms with van der Waals surface area (Å²) in [6.45, 7) is 1.92. The Balaban J connectivity index is 0. The van der Waals surface area contributed by atoms with E-state index in [-0.39, 0.29) is 18.3 Å². The maximum absolute atomic E-state index is 9.82. The summed E-state index contributed by atoms with van der Waals surface area (Å²) in [5.41, 5.74) is 4.76. The van der Waals surface area contributed by atoms with Gasteiger partial charge in [-0.3, -0.25) is 4.79 Å². The zero-order valence-electron chi connectivity index (χ0n) is 4.31. The first kappa shape index (κ1) is 9.90. The SMILES string of the molecule is CCCC(N)=O.Cl. The van der Waals surface area contributed by atoms with E-state index in [0.717, 1.165) is 6.42 Å². The van der Waals surface area contributed by atoms with Crippen LogP contribution in [0.3, 0.4) is 0 Å². The molecule has 0 aliphatic heterocycles. The molecule has 0 radical (unpaired) electrons. The minimum absolute atomic E-state index is 0. The molecular weight excluding hydrogens is 114 g/mol. The standard InChI is InChI=1S/C4H9NO.ClH/c1-2-3-4(5)6;/h2-3H2,1H3,(H2,5,6);1H. The van der Waals surface area contributed by atoms with Gasteiger partial charge in [-0.25, -0.2) is 0 Å². The molecule has 2 N–H and O–H groups in total. The van der Waals surface area contributed by atoms with Gasteiger partial charge in [0, 0.05) is 6.42 Å². The molecule has 0 aliphatic carbocycles. The number of carbonyl (C=O) groups excluding carboxylic acids is 1. The molecule has 0 spiro atoms. The minimum Gasteiger partial charge on any atom is -0.370 e. The van der Waals surface area contributed by atoms with Gasteiger partial charge in [-0.15, -0.1) is 12.4 Å². The monoisotopic (exact) mass is 123 g/mol. The number of hydrogen-bond acceptors (Lipinski definition) is 1. The van der Waals surface area contributed by atoms with Gasteiger partial charge in [-0.1, -0.05) is 6.92 Å². The lowest BCUT2D eigenvalue weighted by Gasteiger charge is -1.81. The van der Waals surface area contributed by atoms with Crippen molar-refractivity contribution in [1.29, 1.82) is 0 Å². The van der Waals surface area contributed by atoms with Crippen LogP contribution in [0.1, 0.15) is 19.8 Å². The molecule has 0 saturated heterocycles. The molecule has 0 bridgehead atoms. The number of primary amides is 1. The largest absolute Gasteiger partial charge is 0.370 e. The van der Waals surface area contributed by atoms with Crippen molar-refractivity contribution in [3.8, 4) is 0 Å². The first-order valence-electron chi connectivity index (χ1n) is 2.05. The number of hydrogen-bond donors (Lipinski definition) is 1. The molecule has 0 aliphatic rings. The summed E-state index contributed by atoms with van der Waals surface area (Å²) < 4.78 is 0. The number of rotatable bonds is 2. The van der Waals surface area contributed by atoms with Gasteiger partial charge in [-0.05, 0) is 6.42 Å². The Morgan fingerprint density at radius 1 is 1.71 bits per heavy atom. The van der Waals surface area contributed by atoms with Gasteiger partial charge in [0.1, 0.15) is 0 Å². The number of halogens is 1. The zero-order chi connectivity index (χ0) is 4.99. The van der Waals surface area contributed by atoms with Crippen molar-refractivity contribution >= 4 is 18.3 Å². The molecule has 7 heavy (non-hydrogen) atoms. The van der Waals surface area contributed by atoms with E-state index in [4.69, 9.17) is 5.73 Å². The van der Waals surface area contributed by atoms with Crippen LogP contribution in [0.5, 0.6) is 0 Å². The van der Waals surface area contributed by atoms with Gasteiger partial charge in [-0.2, -0.15) is 0 Å². The molecule has 0 heterocycles. The van der Waals surface area contributed by atoms with Crippen molar-refractivity contribution < 1.29 is 4.79 Å². The van der Waals surface area contributed by atoms with Crippen LogP contribution in [0.4, 0.5) is 0 Å². The Hall–Kier alpha value is -0.240. The molecule has 0 aromatic rings. The second kappa shape index (κ2) is 5.76. The molecule has 0 unspecified atom stereocenters. The third-order valence-corrected chi connectivity index (χ3v) is 0.496. The van der Waals surface area contributed by atoms with Gasteiger partial charge in [0.05, 0.1) is 0 Å². The summed E-state index contributed by atoms with van der Waals surface area (Å²) in [6.07, 6.45) is 1.37. The highest BCUT2D eigenvalue weighted by atomic mass is 35.5. The average molecular weight is 124 g/mol. The molecule has 2 nitrogen and oxygen atoms in total. The van der Waals surface area contributed by atoms with Crippen LogP contribution >= 0.6 is 12.4 Å². The minimum atomic E-state index is -0.211. The highest BCUT2D eigenvalue weighted by molar-refractivity contribution is 5.85. The number of amides is 1. The first-order valence-corrected chi connectivity index (χ1v) is 2.05. The van der Waals surface area contributed by atoms with E-state index in [1.165, 1.54) is 0 Å². The van der Waals surface area contributed by atoms with Crippen LogP contribution in [-0.2, 0) is 4.79 Å². The van der Waals surface area contributed by atoms with E-state index >= 15 is 0 Å². The van der Waals surface area contributed by atoms with Gasteiger partial charge < -0.3 is 5.73 Å². The highest BCUT2D eigenvalue weighted by Crippen LogP contribution is 1.79. The van der Waals surface area contributed by atoms with E-state index < -0.39 is 0 Å². The summed E-state index contributed by atoms with van der Waals surface area (Å²) in [6, 6.07) is 0. The van der Waals surface area contributed by atoms with Gasteiger partial charge in [0.2, 0.25) is 5.91 Å². The van der Waals surface area contributed by atoms with Gasteiger partial charge in [0.25, 0.3) is 0 Å². The van der Waals surface area contributed by atoms with Crippen LogP contribution in [0.15, 0.2) is 0 Å². The van der Waals surface area contributed by atoms with Crippen molar-refractivity contribution in [2.75, 3.05) is 0 Å². The van der Waals surface area contributed by atoms with E-state index in [1.807, 2.05) is 6.92 Å². The maximum atomic E-state index is 9.82. The average Bonchev–Trinajstić information content (AvgIpc) is 1.35. The second-order valence-corrected chi connectivity index (χ2v) is 1.22. The third-order valence-electron chi connectivity index (χ3n) is 0.496. The Labute approximate surface area is 49.5 Å². The predicted molar refractivity (Wildman–Crippen MR) is 31.4 cm³/mol. The lowest BCUT2D eigenvalue weighted by Crippen LogP contribution is -2.08. The summed E-state index contributed by atoms with van der Waals surface area (Å²) in [4.78, 5) is 9.82. The molecule has 0 aromatic heterocycles. The quantitative estimate of drug-likeness (QED) is 0.577. The van der Waals surface area contributed by atoms with Crippen molar-refractivity contribution in [2.45, 2.75) is 19.8 Å². The Bertz CT molecular complexity index is 55.7. The molecule has 1 amide bonds. The Morgan fingerprint density at radius 3 is 2.14 bits per heavy atom. The normalized spacial score (nSPS) is 7.00. The van der Waals surface area contributed by atoms with E-state index in [1.54, 1.807) is 0 Å². The third kappa shape index (κ3) is 10.7. The predicted octanol–water partition coefficient (Wildman–Crippen LogP) is 0.694. The first-order chi connectivity index (χ1) is 2.77. The molecule has 0 fully saturated rings. The molecule has 0 atom stereocenters. The van der Waals surface area contributed by atoms with Gasteiger partial charge in [0.15, 0.2) is 0 Å². The van der Waals surface area contributed by atoms with E-state index in [2.05, 4.69) is 0 Å². The van der Waals surface area contributed by atoms with Crippen LogP contribution < -0.4 is 5.73 Å². The van der Waals surface area contributed by atoms with Crippen LogP contribution in [-0.4, -0.2) is 5.91 Å². The maximum Gasteiger partial charge on any atom is 0.217 e. The molecule has 0 aromatic carbocycles. The lowest BCUT2D eigenvalue weighted by atomic mass is 10.3. The zero-order valence-corrected chi connectivity index (χ0v) is 5.12. The molecule has 0 rings (SSSR count). The number of nitrogens with two attached hydrogens (primary N) is 1. The van der Waals surface area contributed by atoms with Crippen molar-refractivity contribution in [1.82, 2.24) is 0 Å². The van der Waals surface area contributed by atoms with Crippen LogP contribution in [0.25, 0.3) is 0 Å². The Kier molecular flexibility index (Phi) is 8.15. The van der Waals surface area contributed by atoms with Crippen molar-refractivity contribution in [3.05, 3.63) is 0 Å². The topological polar surface area (TPSA) is 43.1 Å². The molecule has 3 heteroatoms. The van der Waals surface area contributed by atoms with E-state index in [0.29, 0.717) is 6.42 Å². The fourth-order valence-electron chi connectivity index (χ4n) is 0.246. The van der Waals surface area contributed by atoms with Crippen LogP contribution in [0, 0.1) is 0 Å². The molecular formula is C4H10ClNO. The van der Waals surface area contributed by atoms with Crippen LogP contribution in [0.2, 0.25) is 0 Å². The fourth-order valence-corrected chi connectivity index (χ4v) is 0.246. The molecule has 0 saturated carbocycles. The summed E-state index contributed by atoms with van der Waals surface area (Å²) in [7, 11) is 0. The second-order valence-electron chi connectivity index (χ2n) is 1.22. The highest BCUT2D eigenvalue weighted by Gasteiger charge is 1.84. The lowest BCUT2D eigenvalue weighted by molar-refractivity contribution is -0.118. The van der Waals surface area contributed by atoms with Crippen molar-refractivity contribution in [3.63, 3.8) is 0 Å². The van der Waals surface area contributed by atoms with Gasteiger partial charge >= 0.3 is 0 Å². The number of carbonyl (C=O) groups is 1. The Morgan fingerprint density at radius 2 is 2.14 bits per heavy atom. The smallest absolute Gasteiger partial charge is 0.217 e. The fraction of sp³-hybridized carbons (Fsp3) is 0.750. The van der Waals surface area contributed by atoms with E-state index in [9.17, 15) is 4.79 Å². The summed E-state index contributed by atoms with van der Waals surface area (Å²) >= 11 is 0.